The number of ether oxygens (including phenoxy) is 1. The molecule has 0 aliphatic rings. The Bertz CT molecular complexity index is 572. The largest absolute Gasteiger partial charge is 0.494 e. The maximum Gasteiger partial charge on any atom is 0.287 e. The minimum atomic E-state index is -0.209. The van der Waals surface area contributed by atoms with Crippen LogP contribution in [0, 0.1) is 6.92 Å². The average Bonchev–Trinajstić information content (AvgIpc) is 2.86. The van der Waals surface area contributed by atoms with E-state index in [0.29, 0.717) is 12.4 Å². The second-order valence-electron chi connectivity index (χ2n) is 4.61. The Labute approximate surface area is 118 Å². The number of carbonyl (C=O) groups is 1. The van der Waals surface area contributed by atoms with Crippen LogP contribution in [0.2, 0.25) is 0 Å². The lowest BCUT2D eigenvalue weighted by molar-refractivity contribution is 0.0910. The zero-order valence-corrected chi connectivity index (χ0v) is 12.0. The van der Waals surface area contributed by atoms with E-state index in [1.807, 2.05) is 45.0 Å². The first-order valence-electron chi connectivity index (χ1n) is 6.70. The fourth-order valence-electron chi connectivity index (χ4n) is 1.93. The van der Waals surface area contributed by atoms with Gasteiger partial charge in [0.15, 0.2) is 5.76 Å². The lowest BCUT2D eigenvalue weighted by atomic mass is 10.1. The van der Waals surface area contributed by atoms with E-state index in [2.05, 4.69) is 5.32 Å². The molecule has 2 aromatic rings. The molecule has 1 aromatic heterocycles. The van der Waals surface area contributed by atoms with E-state index in [9.17, 15) is 4.79 Å². The van der Waals surface area contributed by atoms with Gasteiger partial charge in [-0.15, -0.1) is 0 Å². The Morgan fingerprint density at radius 1 is 1.25 bits per heavy atom. The molecule has 1 unspecified atom stereocenters. The molecule has 106 valence electrons. The summed E-state index contributed by atoms with van der Waals surface area (Å²) >= 11 is 0. The van der Waals surface area contributed by atoms with E-state index in [1.54, 1.807) is 12.1 Å². The Balaban J connectivity index is 2.00. The fraction of sp³-hybridized carbons (Fsp3) is 0.312. The quantitative estimate of drug-likeness (QED) is 0.907. The molecule has 1 N–H and O–H groups in total. The number of furan rings is 1. The second-order valence-corrected chi connectivity index (χ2v) is 4.61. The number of rotatable bonds is 5. The molecule has 0 aliphatic heterocycles. The van der Waals surface area contributed by atoms with Crippen molar-refractivity contribution in [3.8, 4) is 5.75 Å². The lowest BCUT2D eigenvalue weighted by Crippen LogP contribution is -2.26. The Morgan fingerprint density at radius 2 is 1.95 bits per heavy atom. The van der Waals surface area contributed by atoms with Crippen molar-refractivity contribution in [2.45, 2.75) is 26.8 Å². The normalized spacial score (nSPS) is 11.9. The molecule has 4 nitrogen and oxygen atoms in total. The Kier molecular flexibility index (Phi) is 4.45. The molecule has 20 heavy (non-hydrogen) atoms. The van der Waals surface area contributed by atoms with Gasteiger partial charge in [0.25, 0.3) is 5.91 Å². The van der Waals surface area contributed by atoms with Gasteiger partial charge in [-0.2, -0.15) is 0 Å². The number of amides is 1. The maximum atomic E-state index is 12.0. The Morgan fingerprint density at radius 3 is 2.50 bits per heavy atom. The van der Waals surface area contributed by atoms with Crippen molar-refractivity contribution in [2.24, 2.45) is 0 Å². The monoisotopic (exact) mass is 273 g/mol. The molecule has 0 fully saturated rings. The third kappa shape index (κ3) is 3.41. The summed E-state index contributed by atoms with van der Waals surface area (Å²) in [6, 6.07) is 11.1. The van der Waals surface area contributed by atoms with E-state index < -0.39 is 0 Å². The van der Waals surface area contributed by atoms with Crippen LogP contribution in [0.15, 0.2) is 40.8 Å². The van der Waals surface area contributed by atoms with Crippen molar-refractivity contribution in [1.29, 1.82) is 0 Å². The smallest absolute Gasteiger partial charge is 0.287 e. The maximum absolute atomic E-state index is 12.0. The van der Waals surface area contributed by atoms with Gasteiger partial charge in [0, 0.05) is 0 Å². The highest BCUT2D eigenvalue weighted by atomic mass is 16.5. The number of hydrogen-bond acceptors (Lipinski definition) is 3. The molecule has 1 amide bonds. The van der Waals surface area contributed by atoms with Crippen molar-refractivity contribution < 1.29 is 13.9 Å². The number of hydrogen-bond donors (Lipinski definition) is 1. The second kappa shape index (κ2) is 6.28. The predicted octanol–water partition coefficient (Wildman–Crippen LogP) is 3.48. The SMILES string of the molecule is CCOc1ccc(C(C)NC(=O)c2ccc(C)o2)cc1. The van der Waals surface area contributed by atoms with Crippen LogP contribution in [0.25, 0.3) is 0 Å². The van der Waals surface area contributed by atoms with Crippen LogP contribution < -0.4 is 10.1 Å². The molecule has 0 saturated heterocycles. The van der Waals surface area contributed by atoms with Crippen molar-refractivity contribution >= 4 is 5.91 Å². The number of benzene rings is 1. The number of nitrogens with one attached hydrogen (secondary N) is 1. The van der Waals surface area contributed by atoms with Crippen molar-refractivity contribution in [3.63, 3.8) is 0 Å². The first-order valence-corrected chi connectivity index (χ1v) is 6.70. The predicted molar refractivity (Wildman–Crippen MR) is 76.9 cm³/mol. The molecule has 0 saturated carbocycles. The highest BCUT2D eigenvalue weighted by Gasteiger charge is 2.14. The molecular formula is C16H19NO3. The van der Waals surface area contributed by atoms with Crippen LogP contribution in [-0.2, 0) is 0 Å². The molecule has 0 bridgehead atoms. The van der Waals surface area contributed by atoms with Crippen LogP contribution in [0.1, 0.15) is 41.8 Å². The van der Waals surface area contributed by atoms with Crippen LogP contribution in [0.3, 0.4) is 0 Å². The summed E-state index contributed by atoms with van der Waals surface area (Å²) in [4.78, 5) is 12.0. The van der Waals surface area contributed by atoms with Crippen LogP contribution in [0.5, 0.6) is 5.75 Å². The standard InChI is InChI=1S/C16H19NO3/c1-4-19-14-8-6-13(7-9-14)12(3)17-16(18)15-10-5-11(2)20-15/h5-10,12H,4H2,1-3H3,(H,17,18). The zero-order valence-electron chi connectivity index (χ0n) is 12.0. The van der Waals surface area contributed by atoms with Crippen molar-refractivity contribution in [3.05, 3.63) is 53.5 Å². The van der Waals surface area contributed by atoms with Crippen molar-refractivity contribution in [2.75, 3.05) is 6.61 Å². The minimum absolute atomic E-state index is 0.0939. The third-order valence-electron chi connectivity index (χ3n) is 3.00. The molecule has 1 atom stereocenters. The third-order valence-corrected chi connectivity index (χ3v) is 3.00. The molecule has 0 aliphatic carbocycles. The summed E-state index contributed by atoms with van der Waals surface area (Å²) in [7, 11) is 0. The highest BCUT2D eigenvalue weighted by Crippen LogP contribution is 2.18. The van der Waals surface area contributed by atoms with Gasteiger partial charge in [0.1, 0.15) is 11.5 Å². The summed E-state index contributed by atoms with van der Waals surface area (Å²) in [5.41, 5.74) is 1.02. The molecule has 4 heteroatoms. The van der Waals surface area contributed by atoms with Crippen LogP contribution >= 0.6 is 0 Å². The van der Waals surface area contributed by atoms with Gasteiger partial charge in [0.05, 0.1) is 12.6 Å². The average molecular weight is 273 g/mol. The molecule has 2 rings (SSSR count). The minimum Gasteiger partial charge on any atom is -0.494 e. The van der Waals surface area contributed by atoms with Gasteiger partial charge in [-0.3, -0.25) is 4.79 Å². The van der Waals surface area contributed by atoms with E-state index in [-0.39, 0.29) is 11.9 Å². The van der Waals surface area contributed by atoms with Gasteiger partial charge in [-0.25, -0.2) is 0 Å². The van der Waals surface area contributed by atoms with Gasteiger partial charge in [0.2, 0.25) is 0 Å². The van der Waals surface area contributed by atoms with Gasteiger partial charge in [-0.05, 0) is 50.6 Å². The van der Waals surface area contributed by atoms with Gasteiger partial charge < -0.3 is 14.5 Å². The molecular weight excluding hydrogens is 254 g/mol. The van der Waals surface area contributed by atoms with E-state index in [4.69, 9.17) is 9.15 Å². The topological polar surface area (TPSA) is 51.5 Å². The number of carbonyl (C=O) groups excluding carboxylic acids is 1. The van der Waals surface area contributed by atoms with E-state index >= 15 is 0 Å². The summed E-state index contributed by atoms with van der Waals surface area (Å²) in [6.07, 6.45) is 0. The van der Waals surface area contributed by atoms with Crippen LogP contribution in [-0.4, -0.2) is 12.5 Å². The highest BCUT2D eigenvalue weighted by molar-refractivity contribution is 5.91. The Hall–Kier alpha value is -2.23. The molecule has 0 spiro atoms. The van der Waals surface area contributed by atoms with E-state index in [0.717, 1.165) is 17.1 Å². The summed E-state index contributed by atoms with van der Waals surface area (Å²) in [6.45, 7) is 6.33. The van der Waals surface area contributed by atoms with E-state index in [1.165, 1.54) is 0 Å². The van der Waals surface area contributed by atoms with Crippen molar-refractivity contribution in [1.82, 2.24) is 5.32 Å². The number of aryl methyl sites for hydroxylation is 1. The molecule has 1 aromatic carbocycles. The molecule has 1 heterocycles. The first kappa shape index (κ1) is 14.2. The van der Waals surface area contributed by atoms with Gasteiger partial charge >= 0.3 is 0 Å². The summed E-state index contributed by atoms with van der Waals surface area (Å²) in [5.74, 6) is 1.68. The fourth-order valence-corrected chi connectivity index (χ4v) is 1.93. The summed E-state index contributed by atoms with van der Waals surface area (Å²) in [5, 5.41) is 2.90. The lowest BCUT2D eigenvalue weighted by Gasteiger charge is -2.14. The van der Waals surface area contributed by atoms with Gasteiger partial charge in [-0.1, -0.05) is 12.1 Å². The first-order chi connectivity index (χ1) is 9.60. The zero-order chi connectivity index (χ0) is 14.5. The summed E-state index contributed by atoms with van der Waals surface area (Å²) < 4.78 is 10.7. The van der Waals surface area contributed by atoms with Crippen LogP contribution in [0.4, 0.5) is 0 Å². The molecule has 0 radical (unpaired) electrons.